The minimum absolute atomic E-state index is 0.117. The molecule has 0 spiro atoms. The number of carbonyl (C=O) groups is 2. The maximum Gasteiger partial charge on any atom is 0.352 e. The molecule has 0 saturated heterocycles. The summed E-state index contributed by atoms with van der Waals surface area (Å²) in [6.45, 7) is 0. The monoisotopic (exact) mass is 260 g/mol. The molecule has 1 heterocycles. The Kier molecular flexibility index (Phi) is 3.11. The maximum atomic E-state index is 12.0. The van der Waals surface area contributed by atoms with Crippen LogP contribution in [0.25, 0.3) is 0 Å². The largest absolute Gasteiger partial charge is 0.477 e. The zero-order valence-electron chi connectivity index (χ0n) is 9.49. The Labute approximate surface area is 106 Å². The van der Waals surface area contributed by atoms with Crippen molar-refractivity contribution in [3.63, 3.8) is 0 Å². The number of hydrogen-bond donors (Lipinski definition) is 2. The fraction of sp³-hybridized carbons (Fsp3) is 0. The van der Waals surface area contributed by atoms with Crippen molar-refractivity contribution < 1.29 is 19.6 Å². The second-order valence-electron chi connectivity index (χ2n) is 3.74. The summed E-state index contributed by atoms with van der Waals surface area (Å²) in [5.41, 5.74) is -0.0448. The van der Waals surface area contributed by atoms with Gasteiger partial charge >= 0.3 is 5.97 Å². The Balaban J connectivity index is 2.35. The van der Waals surface area contributed by atoms with Gasteiger partial charge in [-0.2, -0.15) is 0 Å². The molecule has 2 rings (SSSR count). The van der Waals surface area contributed by atoms with E-state index in [0.29, 0.717) is 0 Å². The third kappa shape index (κ3) is 2.49. The van der Waals surface area contributed by atoms with E-state index in [4.69, 9.17) is 5.11 Å². The van der Waals surface area contributed by atoms with Crippen LogP contribution in [-0.2, 0) is 0 Å². The molecule has 2 N–H and O–H groups in total. The summed E-state index contributed by atoms with van der Waals surface area (Å²) in [5.74, 6) is -1.66. The number of benzene rings is 1. The van der Waals surface area contributed by atoms with Gasteiger partial charge in [-0.25, -0.2) is 4.79 Å². The van der Waals surface area contributed by atoms with Gasteiger partial charge in [0, 0.05) is 29.5 Å². The van der Waals surface area contributed by atoms with Crippen molar-refractivity contribution in [2.75, 3.05) is 0 Å². The minimum Gasteiger partial charge on any atom is -0.477 e. The Morgan fingerprint density at radius 2 is 1.95 bits per heavy atom. The Morgan fingerprint density at radius 3 is 2.53 bits per heavy atom. The van der Waals surface area contributed by atoms with E-state index < -0.39 is 16.7 Å². The number of ketones is 1. The molecule has 0 radical (unpaired) electrons. The van der Waals surface area contributed by atoms with Gasteiger partial charge in [0.2, 0.25) is 0 Å². The van der Waals surface area contributed by atoms with Crippen LogP contribution in [-0.4, -0.2) is 26.8 Å². The third-order valence-corrected chi connectivity index (χ3v) is 2.49. The number of nitrogens with one attached hydrogen (secondary N) is 1. The Hall–Kier alpha value is -2.96. The summed E-state index contributed by atoms with van der Waals surface area (Å²) in [6, 6.07) is 6.44. The molecule has 1 aromatic carbocycles. The van der Waals surface area contributed by atoms with Crippen molar-refractivity contribution in [1.82, 2.24) is 4.98 Å². The van der Waals surface area contributed by atoms with Crippen LogP contribution in [0.1, 0.15) is 26.4 Å². The van der Waals surface area contributed by atoms with Gasteiger partial charge in [0.1, 0.15) is 5.69 Å². The second-order valence-corrected chi connectivity index (χ2v) is 3.74. The first kappa shape index (κ1) is 12.5. The lowest BCUT2D eigenvalue weighted by Crippen LogP contribution is -2.01. The topological polar surface area (TPSA) is 113 Å². The van der Waals surface area contributed by atoms with Gasteiger partial charge in [0.05, 0.1) is 4.92 Å². The van der Waals surface area contributed by atoms with Crippen molar-refractivity contribution in [2.24, 2.45) is 0 Å². The summed E-state index contributed by atoms with van der Waals surface area (Å²) in [5, 5.41) is 19.4. The first-order chi connectivity index (χ1) is 8.99. The standard InChI is InChI=1S/C12H8N2O5/c15-11(8-5-10(12(16)17)13-6-8)7-2-1-3-9(4-7)14(18)19/h1-6,13H,(H,16,17). The lowest BCUT2D eigenvalue weighted by Gasteiger charge is -1.98. The highest BCUT2D eigenvalue weighted by Gasteiger charge is 2.16. The minimum atomic E-state index is -1.18. The van der Waals surface area contributed by atoms with Crippen LogP contribution in [0.3, 0.4) is 0 Å². The summed E-state index contributed by atoms with van der Waals surface area (Å²) in [6.07, 6.45) is 1.25. The summed E-state index contributed by atoms with van der Waals surface area (Å²) >= 11 is 0. The number of aromatic nitrogens is 1. The number of rotatable bonds is 4. The lowest BCUT2D eigenvalue weighted by atomic mass is 10.1. The lowest BCUT2D eigenvalue weighted by molar-refractivity contribution is -0.384. The summed E-state index contributed by atoms with van der Waals surface area (Å²) in [4.78, 5) is 35.2. The first-order valence-corrected chi connectivity index (χ1v) is 5.20. The van der Waals surface area contributed by atoms with E-state index in [2.05, 4.69) is 4.98 Å². The molecule has 0 saturated carbocycles. The van der Waals surface area contributed by atoms with Crippen LogP contribution >= 0.6 is 0 Å². The normalized spacial score (nSPS) is 10.1. The highest BCUT2D eigenvalue weighted by Crippen LogP contribution is 2.17. The number of hydrogen-bond acceptors (Lipinski definition) is 4. The van der Waals surface area contributed by atoms with Gasteiger partial charge in [-0.1, -0.05) is 12.1 Å². The highest BCUT2D eigenvalue weighted by atomic mass is 16.6. The molecule has 0 aliphatic carbocycles. The molecule has 0 atom stereocenters. The van der Waals surface area contributed by atoms with Gasteiger partial charge in [0.25, 0.3) is 5.69 Å². The van der Waals surface area contributed by atoms with Crippen molar-refractivity contribution in [1.29, 1.82) is 0 Å². The van der Waals surface area contributed by atoms with Gasteiger partial charge in [-0.05, 0) is 6.07 Å². The van der Waals surface area contributed by atoms with Crippen LogP contribution in [0.15, 0.2) is 36.5 Å². The van der Waals surface area contributed by atoms with Crippen LogP contribution < -0.4 is 0 Å². The van der Waals surface area contributed by atoms with Gasteiger partial charge in [-0.3, -0.25) is 14.9 Å². The molecule has 7 nitrogen and oxygen atoms in total. The second kappa shape index (κ2) is 4.73. The molecule has 0 bridgehead atoms. The molecule has 2 aromatic rings. The molecule has 96 valence electrons. The molecule has 0 fully saturated rings. The number of carbonyl (C=O) groups excluding carboxylic acids is 1. The van der Waals surface area contributed by atoms with E-state index in [0.717, 1.165) is 6.07 Å². The molecule has 1 aromatic heterocycles. The zero-order valence-corrected chi connectivity index (χ0v) is 9.49. The molecule has 0 aliphatic heterocycles. The fourth-order valence-electron chi connectivity index (χ4n) is 1.58. The predicted molar refractivity (Wildman–Crippen MR) is 64.3 cm³/mol. The molecule has 7 heteroatoms. The molecular weight excluding hydrogens is 252 g/mol. The van der Waals surface area contributed by atoms with E-state index in [1.165, 1.54) is 30.5 Å². The van der Waals surface area contributed by atoms with Crippen molar-refractivity contribution in [3.8, 4) is 0 Å². The number of nitro groups is 1. The average molecular weight is 260 g/mol. The average Bonchev–Trinajstić information content (AvgIpc) is 2.87. The number of carboxylic acids is 1. The van der Waals surface area contributed by atoms with Gasteiger partial charge in [0.15, 0.2) is 5.78 Å². The van der Waals surface area contributed by atoms with E-state index >= 15 is 0 Å². The quantitative estimate of drug-likeness (QED) is 0.494. The smallest absolute Gasteiger partial charge is 0.352 e. The van der Waals surface area contributed by atoms with E-state index in [-0.39, 0.29) is 22.5 Å². The Morgan fingerprint density at radius 1 is 1.21 bits per heavy atom. The Bertz CT molecular complexity index is 674. The van der Waals surface area contributed by atoms with Crippen LogP contribution in [0, 0.1) is 10.1 Å². The van der Waals surface area contributed by atoms with E-state index in [1.54, 1.807) is 0 Å². The first-order valence-electron chi connectivity index (χ1n) is 5.20. The van der Waals surface area contributed by atoms with Crippen LogP contribution in [0.4, 0.5) is 5.69 Å². The molecule has 19 heavy (non-hydrogen) atoms. The number of nitrogens with zero attached hydrogens (tertiary/aromatic N) is 1. The fourth-order valence-corrected chi connectivity index (χ4v) is 1.58. The number of aromatic carboxylic acids is 1. The number of non-ortho nitro benzene ring substituents is 1. The van der Waals surface area contributed by atoms with Crippen LogP contribution in [0.5, 0.6) is 0 Å². The number of aromatic amines is 1. The van der Waals surface area contributed by atoms with E-state index in [9.17, 15) is 19.7 Å². The van der Waals surface area contributed by atoms with Gasteiger partial charge < -0.3 is 10.1 Å². The zero-order chi connectivity index (χ0) is 14.0. The van der Waals surface area contributed by atoms with Crippen LogP contribution in [0.2, 0.25) is 0 Å². The number of H-pyrrole nitrogens is 1. The van der Waals surface area contributed by atoms with Crippen molar-refractivity contribution in [3.05, 3.63) is 63.5 Å². The van der Waals surface area contributed by atoms with Crippen molar-refractivity contribution >= 4 is 17.4 Å². The highest BCUT2D eigenvalue weighted by molar-refractivity contribution is 6.10. The number of nitro benzene ring substituents is 1. The maximum absolute atomic E-state index is 12.0. The number of carboxylic acid groups (broad SMARTS) is 1. The summed E-state index contributed by atoms with van der Waals surface area (Å²) < 4.78 is 0. The molecule has 0 amide bonds. The predicted octanol–water partition coefficient (Wildman–Crippen LogP) is 1.85. The van der Waals surface area contributed by atoms with E-state index in [1.807, 2.05) is 0 Å². The molecular formula is C12H8N2O5. The molecule has 0 aliphatic rings. The SMILES string of the molecule is O=C(c1cccc([N+](=O)[O-])c1)c1c[nH]c(C(=O)O)c1. The summed E-state index contributed by atoms with van der Waals surface area (Å²) in [7, 11) is 0. The van der Waals surface area contributed by atoms with Crippen molar-refractivity contribution in [2.45, 2.75) is 0 Å². The third-order valence-electron chi connectivity index (χ3n) is 2.49. The molecule has 0 unspecified atom stereocenters. The van der Waals surface area contributed by atoms with Gasteiger partial charge in [-0.15, -0.1) is 0 Å².